The molecule has 0 saturated carbocycles. The summed E-state index contributed by atoms with van der Waals surface area (Å²) >= 11 is 0. The Morgan fingerprint density at radius 3 is 2.75 bits per heavy atom. The predicted molar refractivity (Wildman–Crippen MR) is 83.3 cm³/mol. The Kier molecular flexibility index (Phi) is 6.82. The number of hydrogen-bond acceptors (Lipinski definition) is 3. The summed E-state index contributed by atoms with van der Waals surface area (Å²) in [5, 5.41) is 3.15. The zero-order valence-corrected chi connectivity index (χ0v) is 12.9. The third-order valence-corrected chi connectivity index (χ3v) is 3.76. The number of rotatable bonds is 4. The van der Waals surface area contributed by atoms with Crippen LogP contribution in [-0.2, 0) is 9.53 Å². The van der Waals surface area contributed by atoms with E-state index in [4.69, 9.17) is 4.74 Å². The highest BCUT2D eigenvalue weighted by Crippen LogP contribution is 2.19. The molecular weight excluding hydrogens is 276 g/mol. The summed E-state index contributed by atoms with van der Waals surface area (Å²) in [6, 6.07) is 9.79. The molecule has 1 aromatic carbocycles. The van der Waals surface area contributed by atoms with Crippen LogP contribution in [0.5, 0.6) is 0 Å². The van der Waals surface area contributed by atoms with Gasteiger partial charge >= 0.3 is 0 Å². The van der Waals surface area contributed by atoms with E-state index in [0.717, 1.165) is 18.7 Å². The molecule has 20 heavy (non-hydrogen) atoms. The average molecular weight is 299 g/mol. The van der Waals surface area contributed by atoms with Crippen molar-refractivity contribution >= 4 is 24.0 Å². The van der Waals surface area contributed by atoms with Crippen molar-refractivity contribution in [3.63, 3.8) is 0 Å². The van der Waals surface area contributed by atoms with Crippen molar-refractivity contribution in [3.05, 3.63) is 30.3 Å². The summed E-state index contributed by atoms with van der Waals surface area (Å²) in [4.78, 5) is 14.0. The highest BCUT2D eigenvalue weighted by Gasteiger charge is 2.28. The van der Waals surface area contributed by atoms with Crippen LogP contribution in [0.25, 0.3) is 0 Å². The number of nitrogens with zero attached hydrogens (tertiary/aromatic N) is 1. The molecule has 2 unspecified atom stereocenters. The van der Waals surface area contributed by atoms with E-state index in [1.165, 1.54) is 0 Å². The largest absolute Gasteiger partial charge is 0.379 e. The zero-order chi connectivity index (χ0) is 13.7. The Balaban J connectivity index is 0.00000200. The third kappa shape index (κ3) is 4.39. The molecule has 0 aromatic heterocycles. The molecule has 0 bridgehead atoms. The maximum absolute atomic E-state index is 12.1. The molecule has 0 spiro atoms. The Hall–Kier alpha value is -1.26. The summed E-state index contributed by atoms with van der Waals surface area (Å²) in [6.45, 7) is 4.05. The first-order chi connectivity index (χ1) is 9.20. The van der Waals surface area contributed by atoms with Crippen molar-refractivity contribution in [3.8, 4) is 0 Å². The molecule has 1 aliphatic rings. The summed E-state index contributed by atoms with van der Waals surface area (Å²) in [5.74, 6) is 0.661. The van der Waals surface area contributed by atoms with Gasteiger partial charge in [0.25, 0.3) is 0 Å². The first kappa shape index (κ1) is 16.8. The van der Waals surface area contributed by atoms with Gasteiger partial charge in [0.15, 0.2) is 0 Å². The van der Waals surface area contributed by atoms with Crippen LogP contribution >= 0.6 is 12.4 Å². The highest BCUT2D eigenvalue weighted by atomic mass is 35.5. The van der Waals surface area contributed by atoms with Crippen LogP contribution in [-0.4, -0.2) is 43.7 Å². The number of ether oxygens (including phenoxy) is 1. The van der Waals surface area contributed by atoms with Crippen LogP contribution in [0.15, 0.2) is 30.3 Å². The molecule has 5 heteroatoms. The van der Waals surface area contributed by atoms with Gasteiger partial charge in [0.1, 0.15) is 0 Å². The molecule has 4 nitrogen and oxygen atoms in total. The number of piperidine rings is 1. The maximum atomic E-state index is 12.1. The molecule has 1 saturated heterocycles. The van der Waals surface area contributed by atoms with Gasteiger partial charge in [-0.1, -0.05) is 25.1 Å². The van der Waals surface area contributed by atoms with Crippen LogP contribution in [0.3, 0.4) is 0 Å². The maximum Gasteiger partial charge on any atom is 0.241 e. The van der Waals surface area contributed by atoms with E-state index in [2.05, 4.69) is 12.2 Å². The molecule has 0 radical (unpaired) electrons. The Labute approximate surface area is 126 Å². The fraction of sp³-hybridized carbons (Fsp3) is 0.533. The highest BCUT2D eigenvalue weighted by molar-refractivity contribution is 5.85. The fourth-order valence-electron chi connectivity index (χ4n) is 2.41. The fourth-order valence-corrected chi connectivity index (χ4v) is 2.41. The van der Waals surface area contributed by atoms with Gasteiger partial charge in [-0.3, -0.25) is 4.79 Å². The number of halogens is 1. The summed E-state index contributed by atoms with van der Waals surface area (Å²) < 4.78 is 5.43. The Bertz CT molecular complexity index is 414. The average Bonchev–Trinajstić information content (AvgIpc) is 2.46. The molecular formula is C15H23ClN2O2. The van der Waals surface area contributed by atoms with Crippen LogP contribution < -0.4 is 5.32 Å². The number of anilines is 1. The minimum absolute atomic E-state index is 0. The second kappa shape index (κ2) is 8.12. The number of hydrogen-bond donors (Lipinski definition) is 1. The normalized spacial score (nSPS) is 22.0. The van der Waals surface area contributed by atoms with Gasteiger partial charge in [0.2, 0.25) is 5.91 Å². The predicted octanol–water partition coefficient (Wildman–Crippen LogP) is 2.40. The van der Waals surface area contributed by atoms with Crippen molar-refractivity contribution in [1.29, 1.82) is 0 Å². The molecule has 112 valence electrons. The number of benzene rings is 1. The number of carbonyl (C=O) groups excluding carboxylic acids is 1. The molecule has 1 N–H and O–H groups in total. The Morgan fingerprint density at radius 1 is 1.40 bits per heavy atom. The smallest absolute Gasteiger partial charge is 0.241 e. The van der Waals surface area contributed by atoms with Crippen LogP contribution in [0.2, 0.25) is 0 Å². The molecule has 1 aliphatic heterocycles. The molecule has 1 aromatic rings. The van der Waals surface area contributed by atoms with Gasteiger partial charge in [-0.05, 0) is 24.5 Å². The second-order valence-corrected chi connectivity index (χ2v) is 5.10. The van der Waals surface area contributed by atoms with Crippen molar-refractivity contribution < 1.29 is 9.53 Å². The van der Waals surface area contributed by atoms with Gasteiger partial charge < -0.3 is 15.0 Å². The Morgan fingerprint density at radius 2 is 2.10 bits per heavy atom. The van der Waals surface area contributed by atoms with Crippen LogP contribution in [0.1, 0.15) is 13.3 Å². The molecule has 1 fully saturated rings. The molecule has 1 heterocycles. The van der Waals surface area contributed by atoms with Crippen molar-refractivity contribution in [2.45, 2.75) is 19.4 Å². The van der Waals surface area contributed by atoms with Gasteiger partial charge in [-0.2, -0.15) is 0 Å². The van der Waals surface area contributed by atoms with Crippen molar-refractivity contribution in [2.24, 2.45) is 5.92 Å². The number of amides is 1. The zero-order valence-electron chi connectivity index (χ0n) is 12.0. The van der Waals surface area contributed by atoms with E-state index >= 15 is 0 Å². The minimum atomic E-state index is 0. The molecule has 0 aliphatic carbocycles. The quantitative estimate of drug-likeness (QED) is 0.928. The van der Waals surface area contributed by atoms with E-state index in [-0.39, 0.29) is 24.4 Å². The lowest BCUT2D eigenvalue weighted by molar-refractivity contribution is -0.134. The van der Waals surface area contributed by atoms with Crippen molar-refractivity contribution in [2.75, 3.05) is 32.1 Å². The van der Waals surface area contributed by atoms with Gasteiger partial charge in [0.05, 0.1) is 12.6 Å². The topological polar surface area (TPSA) is 41.6 Å². The molecule has 2 rings (SSSR count). The first-order valence-corrected chi connectivity index (χ1v) is 6.80. The lowest BCUT2D eigenvalue weighted by Gasteiger charge is -2.36. The molecule has 2 atom stereocenters. The van der Waals surface area contributed by atoms with E-state index in [1.54, 1.807) is 7.11 Å². The van der Waals surface area contributed by atoms with E-state index < -0.39 is 0 Å². The lowest BCUT2D eigenvalue weighted by Crippen LogP contribution is -2.48. The van der Waals surface area contributed by atoms with Gasteiger partial charge in [-0.15, -0.1) is 12.4 Å². The summed E-state index contributed by atoms with van der Waals surface area (Å²) in [7, 11) is 1.72. The first-order valence-electron chi connectivity index (χ1n) is 6.80. The third-order valence-electron chi connectivity index (χ3n) is 3.76. The summed E-state index contributed by atoms with van der Waals surface area (Å²) in [5.41, 5.74) is 0.976. The minimum Gasteiger partial charge on any atom is -0.379 e. The summed E-state index contributed by atoms with van der Waals surface area (Å²) in [6.07, 6.45) is 1.17. The van der Waals surface area contributed by atoms with E-state index in [0.29, 0.717) is 19.0 Å². The monoisotopic (exact) mass is 298 g/mol. The number of nitrogens with one attached hydrogen (secondary N) is 1. The van der Waals surface area contributed by atoms with Crippen molar-refractivity contribution in [1.82, 2.24) is 4.90 Å². The second-order valence-electron chi connectivity index (χ2n) is 5.10. The van der Waals surface area contributed by atoms with Crippen LogP contribution in [0, 0.1) is 5.92 Å². The van der Waals surface area contributed by atoms with Gasteiger partial charge in [0, 0.05) is 25.9 Å². The standard InChI is InChI=1S/C15H22N2O2.ClH/c1-12-8-9-17(11-14(12)19-2)15(18)10-16-13-6-4-3-5-7-13;/h3-7,12,14,16H,8-11H2,1-2H3;1H. The number of para-hydroxylation sites is 1. The van der Waals surface area contributed by atoms with E-state index in [9.17, 15) is 4.79 Å². The van der Waals surface area contributed by atoms with Gasteiger partial charge in [-0.25, -0.2) is 0 Å². The number of carbonyl (C=O) groups is 1. The number of likely N-dealkylation sites (tertiary alicyclic amines) is 1. The molecule has 1 amide bonds. The van der Waals surface area contributed by atoms with E-state index in [1.807, 2.05) is 35.2 Å². The number of methoxy groups -OCH3 is 1. The van der Waals surface area contributed by atoms with Crippen LogP contribution in [0.4, 0.5) is 5.69 Å². The SMILES string of the molecule is COC1CN(C(=O)CNc2ccccc2)CCC1C.Cl. The lowest BCUT2D eigenvalue weighted by atomic mass is 9.96.